The van der Waals surface area contributed by atoms with Crippen molar-refractivity contribution >= 4 is 11.9 Å². The summed E-state index contributed by atoms with van der Waals surface area (Å²) in [4.78, 5) is 26.1. The molecule has 0 aromatic heterocycles. The molecular formula is C16H19NO4. The number of methoxy groups -OCH3 is 2. The van der Waals surface area contributed by atoms with Gasteiger partial charge in [-0.05, 0) is 43.1 Å². The molecule has 3 rings (SSSR count). The predicted molar refractivity (Wildman–Crippen MR) is 76.5 cm³/mol. The summed E-state index contributed by atoms with van der Waals surface area (Å²) in [5, 5.41) is 0. The minimum absolute atomic E-state index is 0.277. The van der Waals surface area contributed by atoms with Gasteiger partial charge in [0.15, 0.2) is 0 Å². The van der Waals surface area contributed by atoms with Gasteiger partial charge in [0, 0.05) is 18.5 Å². The summed E-state index contributed by atoms with van der Waals surface area (Å²) >= 11 is 0. The molecule has 0 N–H and O–H groups in total. The number of esters is 2. The molecule has 0 atom stereocenters. The molecule has 2 aliphatic rings. The first kappa shape index (κ1) is 14.1. The van der Waals surface area contributed by atoms with Gasteiger partial charge < -0.3 is 14.4 Å². The zero-order valence-electron chi connectivity index (χ0n) is 12.6. The molecule has 5 heteroatoms. The smallest absolute Gasteiger partial charge is 0.338 e. The number of benzene rings is 1. The van der Waals surface area contributed by atoms with Gasteiger partial charge in [-0.1, -0.05) is 0 Å². The van der Waals surface area contributed by atoms with Crippen molar-refractivity contribution in [2.75, 3.05) is 34.4 Å². The van der Waals surface area contributed by atoms with Gasteiger partial charge in [0.25, 0.3) is 0 Å². The zero-order chi connectivity index (χ0) is 15.2. The molecule has 1 spiro atoms. The van der Waals surface area contributed by atoms with Gasteiger partial charge in [0.2, 0.25) is 0 Å². The van der Waals surface area contributed by atoms with Gasteiger partial charge in [0.05, 0.1) is 25.3 Å². The number of ether oxygens (including phenoxy) is 2. The van der Waals surface area contributed by atoms with Crippen molar-refractivity contribution in [2.45, 2.75) is 12.8 Å². The number of rotatable bonds is 2. The van der Waals surface area contributed by atoms with E-state index in [-0.39, 0.29) is 5.41 Å². The number of fused-ring (bicyclic) bond motifs is 1. The average molecular weight is 289 g/mol. The monoisotopic (exact) mass is 289 g/mol. The number of nitrogens with zero attached hydrogens (tertiary/aromatic N) is 1. The topological polar surface area (TPSA) is 55.8 Å². The van der Waals surface area contributed by atoms with E-state index in [1.165, 1.54) is 14.2 Å². The van der Waals surface area contributed by atoms with Crippen molar-refractivity contribution in [3.8, 4) is 0 Å². The van der Waals surface area contributed by atoms with Crippen LogP contribution >= 0.6 is 0 Å². The van der Waals surface area contributed by atoms with Gasteiger partial charge >= 0.3 is 11.9 Å². The minimum Gasteiger partial charge on any atom is -0.465 e. The van der Waals surface area contributed by atoms with Crippen LogP contribution in [0.5, 0.6) is 0 Å². The molecule has 112 valence electrons. The van der Waals surface area contributed by atoms with Crippen LogP contribution < -0.4 is 0 Å². The second-order valence-corrected chi connectivity index (χ2v) is 6.18. The van der Waals surface area contributed by atoms with Crippen LogP contribution in [0.1, 0.15) is 31.8 Å². The zero-order valence-corrected chi connectivity index (χ0v) is 12.6. The lowest BCUT2D eigenvalue weighted by Crippen LogP contribution is -2.54. The van der Waals surface area contributed by atoms with Crippen LogP contribution in [0.4, 0.5) is 0 Å². The molecule has 1 aromatic carbocycles. The van der Waals surface area contributed by atoms with Gasteiger partial charge in [-0.2, -0.15) is 0 Å². The minimum atomic E-state index is -0.495. The average Bonchev–Trinajstić information content (AvgIpc) is 2.81. The third kappa shape index (κ3) is 2.21. The Balaban J connectivity index is 2.00. The second-order valence-electron chi connectivity index (χ2n) is 6.18. The van der Waals surface area contributed by atoms with Gasteiger partial charge in [-0.25, -0.2) is 9.59 Å². The molecule has 0 unspecified atom stereocenters. The maximum absolute atomic E-state index is 11.9. The first-order chi connectivity index (χ1) is 9.98. The fraction of sp³-hybridized carbons (Fsp3) is 0.500. The number of carbonyl (C=O) groups excluding carboxylic acids is 2. The Labute approximate surface area is 123 Å². The van der Waals surface area contributed by atoms with E-state index in [2.05, 4.69) is 11.9 Å². The summed E-state index contributed by atoms with van der Waals surface area (Å²) in [5.41, 5.74) is 3.17. The second kappa shape index (κ2) is 4.84. The van der Waals surface area contributed by atoms with Crippen LogP contribution in [-0.2, 0) is 22.3 Å². The van der Waals surface area contributed by atoms with Gasteiger partial charge in [0.1, 0.15) is 0 Å². The van der Waals surface area contributed by atoms with Crippen LogP contribution in [-0.4, -0.2) is 51.2 Å². The lowest BCUT2D eigenvalue weighted by atomic mass is 9.77. The van der Waals surface area contributed by atoms with E-state index in [9.17, 15) is 9.59 Å². The molecule has 21 heavy (non-hydrogen) atoms. The lowest BCUT2D eigenvalue weighted by molar-refractivity contribution is 0.0319. The molecule has 1 aliphatic carbocycles. The van der Waals surface area contributed by atoms with E-state index in [4.69, 9.17) is 9.47 Å². The van der Waals surface area contributed by atoms with Crippen LogP contribution in [0, 0.1) is 5.41 Å². The van der Waals surface area contributed by atoms with E-state index in [1.807, 2.05) is 0 Å². The molecule has 5 nitrogen and oxygen atoms in total. The van der Waals surface area contributed by atoms with Crippen LogP contribution in [0.2, 0.25) is 0 Å². The van der Waals surface area contributed by atoms with Crippen molar-refractivity contribution in [3.63, 3.8) is 0 Å². The first-order valence-corrected chi connectivity index (χ1v) is 6.99. The Hall–Kier alpha value is -1.88. The molecule has 0 bridgehead atoms. The summed E-state index contributed by atoms with van der Waals surface area (Å²) < 4.78 is 9.57. The van der Waals surface area contributed by atoms with Crippen LogP contribution in [0.3, 0.4) is 0 Å². The molecule has 1 heterocycles. The van der Waals surface area contributed by atoms with Crippen molar-refractivity contribution in [1.29, 1.82) is 0 Å². The van der Waals surface area contributed by atoms with Crippen LogP contribution in [0.25, 0.3) is 0 Å². The highest BCUT2D eigenvalue weighted by molar-refractivity contribution is 6.03. The maximum atomic E-state index is 11.9. The van der Waals surface area contributed by atoms with Crippen molar-refractivity contribution in [2.24, 2.45) is 5.41 Å². The summed E-state index contributed by atoms with van der Waals surface area (Å²) in [5.74, 6) is -0.991. The molecule has 1 aromatic rings. The molecule has 1 aliphatic heterocycles. The Morgan fingerprint density at radius 2 is 1.43 bits per heavy atom. The van der Waals surface area contributed by atoms with Crippen molar-refractivity contribution < 1.29 is 19.1 Å². The van der Waals surface area contributed by atoms with Crippen LogP contribution in [0.15, 0.2) is 12.1 Å². The fourth-order valence-corrected chi connectivity index (χ4v) is 3.77. The molecular weight excluding hydrogens is 270 g/mol. The summed E-state index contributed by atoms with van der Waals surface area (Å²) in [7, 11) is 4.74. The van der Waals surface area contributed by atoms with E-state index >= 15 is 0 Å². The molecule has 1 fully saturated rings. The molecule has 1 saturated heterocycles. The lowest BCUT2D eigenvalue weighted by Gasteiger charge is -2.46. The number of carbonyl (C=O) groups is 2. The highest BCUT2D eigenvalue weighted by atomic mass is 16.5. The Bertz CT molecular complexity index is 570. The van der Waals surface area contributed by atoms with Crippen molar-refractivity contribution in [3.05, 3.63) is 34.4 Å². The Morgan fingerprint density at radius 3 is 1.76 bits per heavy atom. The number of hydrogen-bond donors (Lipinski definition) is 0. The van der Waals surface area contributed by atoms with E-state index in [0.29, 0.717) is 11.1 Å². The summed E-state index contributed by atoms with van der Waals surface area (Å²) in [6.45, 7) is 2.12. The molecule has 0 radical (unpaired) electrons. The SMILES string of the molecule is COC(=O)c1cc2c(cc1C(=O)OC)CC1(C2)CN(C)C1. The third-order valence-electron chi connectivity index (χ3n) is 4.49. The highest BCUT2D eigenvalue weighted by Crippen LogP contribution is 2.44. The van der Waals surface area contributed by atoms with Gasteiger partial charge in [-0.15, -0.1) is 0 Å². The normalized spacial score (nSPS) is 19.0. The Kier molecular flexibility index (Phi) is 3.24. The highest BCUT2D eigenvalue weighted by Gasteiger charge is 2.45. The predicted octanol–water partition coefficient (Wildman–Crippen LogP) is 1.29. The largest absolute Gasteiger partial charge is 0.465 e. The first-order valence-electron chi connectivity index (χ1n) is 6.99. The maximum Gasteiger partial charge on any atom is 0.338 e. The quantitative estimate of drug-likeness (QED) is 0.768. The summed E-state index contributed by atoms with van der Waals surface area (Å²) in [6.07, 6.45) is 1.91. The molecule has 0 saturated carbocycles. The fourth-order valence-electron chi connectivity index (χ4n) is 3.77. The number of hydrogen-bond acceptors (Lipinski definition) is 5. The van der Waals surface area contributed by atoms with Crippen molar-refractivity contribution in [1.82, 2.24) is 4.90 Å². The van der Waals surface area contributed by atoms with E-state index < -0.39 is 11.9 Å². The number of likely N-dealkylation sites (tertiary alicyclic amines) is 1. The summed E-state index contributed by atoms with van der Waals surface area (Å²) in [6, 6.07) is 3.61. The standard InChI is InChI=1S/C16H19NO4/c1-17-8-16(9-17)6-10-4-12(14(18)20-2)13(15(19)21-3)5-11(10)7-16/h4-5H,6-9H2,1-3H3. The third-order valence-corrected chi connectivity index (χ3v) is 4.49. The van der Waals surface area contributed by atoms with Gasteiger partial charge in [-0.3, -0.25) is 0 Å². The van der Waals surface area contributed by atoms with E-state index in [0.717, 1.165) is 37.1 Å². The van der Waals surface area contributed by atoms with E-state index in [1.54, 1.807) is 12.1 Å². The molecule has 0 amide bonds. The Morgan fingerprint density at radius 1 is 1.00 bits per heavy atom.